The molecule has 4 rings (SSSR count). The maximum absolute atomic E-state index is 12.5. The van der Waals surface area contributed by atoms with Gasteiger partial charge in [0, 0.05) is 35.0 Å². The van der Waals surface area contributed by atoms with E-state index >= 15 is 0 Å². The maximum atomic E-state index is 12.5. The summed E-state index contributed by atoms with van der Waals surface area (Å²) in [5.41, 5.74) is 15.2. The Kier molecular flexibility index (Phi) is 4.80. The molecule has 152 valence electrons. The average Bonchev–Trinajstić information content (AvgIpc) is 3.40. The van der Waals surface area contributed by atoms with Gasteiger partial charge in [0.05, 0.1) is 23.2 Å². The van der Waals surface area contributed by atoms with Gasteiger partial charge >= 0.3 is 6.03 Å². The van der Waals surface area contributed by atoms with Crippen molar-refractivity contribution in [3.05, 3.63) is 65.0 Å². The van der Waals surface area contributed by atoms with Crippen LogP contribution in [0, 0.1) is 0 Å². The van der Waals surface area contributed by atoms with Crippen LogP contribution in [0.1, 0.15) is 32.9 Å². The Morgan fingerprint density at radius 3 is 2.70 bits per heavy atom. The van der Waals surface area contributed by atoms with Crippen LogP contribution in [0.4, 0.5) is 16.2 Å². The Morgan fingerprint density at radius 2 is 2.00 bits per heavy atom. The molecule has 0 fully saturated rings. The topological polar surface area (TPSA) is 172 Å². The summed E-state index contributed by atoms with van der Waals surface area (Å²) in [4.78, 5) is 45.8. The number of urea groups is 1. The van der Waals surface area contributed by atoms with E-state index in [1.807, 2.05) is 0 Å². The smallest absolute Gasteiger partial charge is 0.316 e. The van der Waals surface area contributed by atoms with Crippen molar-refractivity contribution in [2.45, 2.75) is 12.8 Å². The van der Waals surface area contributed by atoms with Crippen molar-refractivity contribution in [3.63, 3.8) is 0 Å². The molecule has 4 amide bonds. The van der Waals surface area contributed by atoms with Crippen LogP contribution >= 0.6 is 0 Å². The Labute approximate surface area is 170 Å². The number of aromatic amines is 2. The van der Waals surface area contributed by atoms with Gasteiger partial charge in [-0.1, -0.05) is 0 Å². The molecule has 3 heterocycles. The molecule has 0 unspecified atom stereocenters. The van der Waals surface area contributed by atoms with E-state index in [1.165, 1.54) is 0 Å². The highest BCUT2D eigenvalue weighted by Crippen LogP contribution is 2.35. The molecule has 1 aliphatic heterocycles. The van der Waals surface area contributed by atoms with Crippen LogP contribution in [-0.2, 0) is 17.6 Å². The van der Waals surface area contributed by atoms with Crippen LogP contribution in [0.3, 0.4) is 0 Å². The lowest BCUT2D eigenvalue weighted by Gasteiger charge is -2.05. The number of imidazole rings is 1. The van der Waals surface area contributed by atoms with Gasteiger partial charge < -0.3 is 32.1 Å². The van der Waals surface area contributed by atoms with Gasteiger partial charge in [-0.3, -0.25) is 9.59 Å². The molecule has 0 spiro atoms. The molecule has 3 aromatic rings. The molecule has 8 N–H and O–H groups in total. The highest BCUT2D eigenvalue weighted by molar-refractivity contribution is 6.35. The highest BCUT2D eigenvalue weighted by atomic mass is 16.2. The number of amides is 4. The van der Waals surface area contributed by atoms with Crippen molar-refractivity contribution in [1.82, 2.24) is 15.0 Å². The molecule has 0 radical (unpaired) electrons. The first-order valence-corrected chi connectivity index (χ1v) is 9.13. The first kappa shape index (κ1) is 19.0. The van der Waals surface area contributed by atoms with Gasteiger partial charge in [-0.05, 0) is 42.7 Å². The van der Waals surface area contributed by atoms with E-state index in [2.05, 4.69) is 25.6 Å². The minimum atomic E-state index is -0.708. The Hall–Kier alpha value is -4.34. The van der Waals surface area contributed by atoms with Crippen molar-refractivity contribution in [1.29, 1.82) is 0 Å². The number of benzene rings is 1. The number of nitrogens with zero attached hydrogens (tertiary/aromatic N) is 1. The van der Waals surface area contributed by atoms with Crippen molar-refractivity contribution >= 4 is 40.9 Å². The lowest BCUT2D eigenvalue weighted by Crippen LogP contribution is -2.19. The number of hydrogen-bond donors (Lipinski definition) is 6. The van der Waals surface area contributed by atoms with Gasteiger partial charge in [-0.15, -0.1) is 0 Å². The zero-order valence-electron chi connectivity index (χ0n) is 15.8. The summed E-state index contributed by atoms with van der Waals surface area (Å²) in [6.45, 7) is 0. The first-order chi connectivity index (χ1) is 14.4. The van der Waals surface area contributed by atoms with Gasteiger partial charge in [-0.2, -0.15) is 0 Å². The lowest BCUT2D eigenvalue weighted by molar-refractivity contribution is -0.110. The van der Waals surface area contributed by atoms with Crippen LogP contribution in [0.2, 0.25) is 0 Å². The Morgan fingerprint density at radius 1 is 1.17 bits per heavy atom. The van der Waals surface area contributed by atoms with E-state index in [1.54, 1.807) is 43.0 Å². The molecule has 0 aliphatic carbocycles. The predicted molar refractivity (Wildman–Crippen MR) is 111 cm³/mol. The number of anilines is 2. The van der Waals surface area contributed by atoms with E-state index in [0.717, 1.165) is 11.3 Å². The molecule has 0 saturated carbocycles. The zero-order chi connectivity index (χ0) is 21.3. The van der Waals surface area contributed by atoms with E-state index in [9.17, 15) is 14.4 Å². The molecule has 30 heavy (non-hydrogen) atoms. The molecule has 0 saturated heterocycles. The number of aryl methyl sites for hydroxylation is 2. The summed E-state index contributed by atoms with van der Waals surface area (Å²) in [7, 11) is 0. The van der Waals surface area contributed by atoms with Crippen LogP contribution in [0.15, 0.2) is 36.9 Å². The third kappa shape index (κ3) is 3.65. The monoisotopic (exact) mass is 405 g/mol. The van der Waals surface area contributed by atoms with Crippen LogP contribution in [0.5, 0.6) is 0 Å². The number of carbonyl (C=O) groups excluding carboxylic acids is 3. The normalized spacial score (nSPS) is 13.9. The number of carbonyl (C=O) groups is 3. The molecule has 2 aromatic heterocycles. The predicted octanol–water partition coefficient (Wildman–Crippen LogP) is 1.61. The van der Waals surface area contributed by atoms with Crippen molar-refractivity contribution in [3.8, 4) is 0 Å². The maximum Gasteiger partial charge on any atom is 0.316 e. The highest BCUT2D eigenvalue weighted by Gasteiger charge is 2.26. The van der Waals surface area contributed by atoms with E-state index < -0.39 is 11.9 Å². The number of aromatic nitrogens is 3. The van der Waals surface area contributed by atoms with E-state index in [4.69, 9.17) is 11.5 Å². The van der Waals surface area contributed by atoms with Crippen molar-refractivity contribution in [2.24, 2.45) is 11.5 Å². The Bertz CT molecular complexity index is 1180. The fraction of sp³-hybridized carbons (Fsp3) is 0.100. The molecular weight excluding hydrogens is 386 g/mol. The fourth-order valence-electron chi connectivity index (χ4n) is 3.47. The average molecular weight is 405 g/mol. The third-order valence-electron chi connectivity index (χ3n) is 4.82. The summed E-state index contributed by atoms with van der Waals surface area (Å²) in [6.07, 6.45) is 7.82. The molecular formula is C20H19N7O3. The van der Waals surface area contributed by atoms with Crippen molar-refractivity contribution < 1.29 is 14.4 Å². The first-order valence-electron chi connectivity index (χ1n) is 9.13. The summed E-state index contributed by atoms with van der Waals surface area (Å²) in [6, 6.07) is 4.22. The van der Waals surface area contributed by atoms with Crippen molar-refractivity contribution in [2.75, 3.05) is 10.6 Å². The van der Waals surface area contributed by atoms with Gasteiger partial charge in [0.1, 0.15) is 0 Å². The summed E-state index contributed by atoms with van der Waals surface area (Å²) < 4.78 is 0. The number of rotatable bonds is 6. The third-order valence-corrected chi connectivity index (χ3v) is 4.82. The Balaban J connectivity index is 1.69. The largest absolute Gasteiger partial charge is 0.366 e. The number of nitrogens with two attached hydrogens (primary N) is 2. The van der Waals surface area contributed by atoms with E-state index in [-0.39, 0.29) is 5.91 Å². The molecule has 0 atom stereocenters. The molecule has 1 aromatic carbocycles. The summed E-state index contributed by atoms with van der Waals surface area (Å²) >= 11 is 0. The number of primary amides is 2. The molecule has 10 heteroatoms. The zero-order valence-corrected chi connectivity index (χ0v) is 15.8. The molecule has 10 nitrogen and oxygen atoms in total. The van der Waals surface area contributed by atoms with Crippen LogP contribution < -0.4 is 22.1 Å². The van der Waals surface area contributed by atoms with Gasteiger partial charge in [-0.25, -0.2) is 9.78 Å². The van der Waals surface area contributed by atoms with Crippen LogP contribution in [-0.4, -0.2) is 32.8 Å². The fourth-order valence-corrected chi connectivity index (χ4v) is 3.47. The quantitative estimate of drug-likeness (QED) is 0.342. The number of H-pyrrole nitrogens is 2. The van der Waals surface area contributed by atoms with Gasteiger partial charge in [0.25, 0.3) is 11.8 Å². The minimum absolute atomic E-state index is 0.328. The number of fused-ring (bicyclic) bond motifs is 1. The molecule has 1 aliphatic rings. The number of hydrogen-bond acceptors (Lipinski definition) is 4. The SMILES string of the molecule is NC(=O)Nc1ccc2c(c1)C(=Cc1[nH]cc(CCc3cnc[nH]3)c1C(N)=O)C(=O)N2. The second-order valence-electron chi connectivity index (χ2n) is 6.81. The second-order valence-corrected chi connectivity index (χ2v) is 6.81. The van der Waals surface area contributed by atoms with Gasteiger partial charge in [0.15, 0.2) is 0 Å². The van der Waals surface area contributed by atoms with Gasteiger partial charge in [0.2, 0.25) is 0 Å². The lowest BCUT2D eigenvalue weighted by atomic mass is 10.0. The standard InChI is InChI=1S/C20H19N7O3/c21-18(28)17-10(1-2-12-8-23-9-25-12)7-24-16(17)6-14-13-5-11(26-20(22)30)3-4-15(13)27-19(14)29/h3-9,24H,1-2H2,(H2,21,28)(H,23,25)(H,27,29)(H3,22,26,30). The van der Waals surface area contributed by atoms with Crippen LogP contribution in [0.25, 0.3) is 11.6 Å². The molecule has 0 bridgehead atoms. The minimum Gasteiger partial charge on any atom is -0.366 e. The second kappa shape index (κ2) is 7.59. The summed E-state index contributed by atoms with van der Waals surface area (Å²) in [5.74, 6) is -0.921. The number of nitrogens with one attached hydrogen (secondary N) is 4. The summed E-state index contributed by atoms with van der Waals surface area (Å²) in [5, 5.41) is 5.24. The van der Waals surface area contributed by atoms with E-state index in [0.29, 0.717) is 46.6 Å².